The van der Waals surface area contributed by atoms with Gasteiger partial charge >= 0.3 is 0 Å². The van der Waals surface area contributed by atoms with Gasteiger partial charge in [0.05, 0.1) is 19.8 Å². The van der Waals surface area contributed by atoms with E-state index >= 15 is 0 Å². The minimum Gasteiger partial charge on any atom is -0.392 e. The molecular formula is C22H28FNO4. The molecule has 0 radical (unpaired) electrons. The monoisotopic (exact) mass is 389 g/mol. The number of aliphatic hydroxyl groups excluding tert-OH is 1. The summed E-state index contributed by atoms with van der Waals surface area (Å²) in [5.41, 5.74) is 1.29. The van der Waals surface area contributed by atoms with Gasteiger partial charge in [-0.15, -0.1) is 0 Å². The SMILES string of the molecule is CN(C)CCCC(O)(c1ccc(F)cc1)c1ccc(C2OCCO2)cc1CO. The molecule has 6 heteroatoms. The fraction of sp³-hybridized carbons (Fsp3) is 0.455. The molecule has 1 aliphatic heterocycles. The lowest BCUT2D eigenvalue weighted by atomic mass is 9.80. The fourth-order valence-corrected chi connectivity index (χ4v) is 3.66. The maximum atomic E-state index is 13.5. The first-order valence-corrected chi connectivity index (χ1v) is 9.54. The maximum absolute atomic E-state index is 13.5. The molecule has 2 aromatic carbocycles. The van der Waals surface area contributed by atoms with Crippen LogP contribution >= 0.6 is 0 Å². The molecule has 0 saturated carbocycles. The van der Waals surface area contributed by atoms with Crippen LogP contribution in [0.15, 0.2) is 42.5 Å². The Morgan fingerprint density at radius 2 is 1.79 bits per heavy atom. The van der Waals surface area contributed by atoms with Crippen molar-refractivity contribution in [2.45, 2.75) is 31.3 Å². The molecule has 1 saturated heterocycles. The lowest BCUT2D eigenvalue weighted by molar-refractivity contribution is -0.0443. The molecule has 1 heterocycles. The van der Waals surface area contributed by atoms with Crippen molar-refractivity contribution < 1.29 is 24.1 Å². The smallest absolute Gasteiger partial charge is 0.184 e. The highest BCUT2D eigenvalue weighted by Crippen LogP contribution is 2.38. The molecule has 28 heavy (non-hydrogen) atoms. The van der Waals surface area contributed by atoms with E-state index in [0.717, 1.165) is 18.5 Å². The van der Waals surface area contributed by atoms with Crippen LogP contribution in [-0.2, 0) is 21.7 Å². The van der Waals surface area contributed by atoms with Gasteiger partial charge < -0.3 is 24.6 Å². The van der Waals surface area contributed by atoms with Crippen molar-refractivity contribution in [1.29, 1.82) is 0 Å². The van der Waals surface area contributed by atoms with Gasteiger partial charge in [-0.2, -0.15) is 0 Å². The van der Waals surface area contributed by atoms with E-state index < -0.39 is 11.9 Å². The quantitative estimate of drug-likeness (QED) is 0.727. The average molecular weight is 389 g/mol. The molecular weight excluding hydrogens is 361 g/mol. The van der Waals surface area contributed by atoms with Crippen molar-refractivity contribution in [3.63, 3.8) is 0 Å². The van der Waals surface area contributed by atoms with E-state index in [0.29, 0.717) is 36.3 Å². The molecule has 1 unspecified atom stereocenters. The zero-order chi connectivity index (χ0) is 20.1. The topological polar surface area (TPSA) is 62.2 Å². The highest BCUT2D eigenvalue weighted by molar-refractivity contribution is 5.43. The molecule has 0 spiro atoms. The lowest BCUT2D eigenvalue weighted by Crippen LogP contribution is -2.30. The minimum absolute atomic E-state index is 0.229. The fourth-order valence-electron chi connectivity index (χ4n) is 3.66. The Morgan fingerprint density at radius 1 is 1.11 bits per heavy atom. The van der Waals surface area contributed by atoms with Crippen LogP contribution in [0.2, 0.25) is 0 Å². The van der Waals surface area contributed by atoms with E-state index in [1.807, 2.05) is 32.3 Å². The van der Waals surface area contributed by atoms with Gasteiger partial charge in [-0.25, -0.2) is 4.39 Å². The Hall–Kier alpha value is -1.83. The van der Waals surface area contributed by atoms with E-state index in [9.17, 15) is 14.6 Å². The number of ether oxygens (including phenoxy) is 2. The molecule has 0 aromatic heterocycles. The normalized spacial score (nSPS) is 17.2. The summed E-state index contributed by atoms with van der Waals surface area (Å²) in [7, 11) is 3.96. The second kappa shape index (κ2) is 9.11. The molecule has 1 atom stereocenters. The molecule has 5 nitrogen and oxygen atoms in total. The molecule has 3 rings (SSSR count). The Balaban J connectivity index is 1.99. The Bertz CT molecular complexity index is 775. The van der Waals surface area contributed by atoms with Crippen molar-refractivity contribution in [2.24, 2.45) is 0 Å². The second-order valence-corrected chi connectivity index (χ2v) is 7.42. The van der Waals surface area contributed by atoms with Gasteiger partial charge in [0.25, 0.3) is 0 Å². The Kier molecular flexibility index (Phi) is 6.80. The third kappa shape index (κ3) is 4.59. The number of nitrogens with zero attached hydrogens (tertiary/aromatic N) is 1. The molecule has 1 fully saturated rings. The number of hydrogen-bond donors (Lipinski definition) is 2. The summed E-state index contributed by atoms with van der Waals surface area (Å²) in [6.07, 6.45) is 0.731. The van der Waals surface area contributed by atoms with E-state index in [-0.39, 0.29) is 12.4 Å². The minimum atomic E-state index is -1.34. The highest BCUT2D eigenvalue weighted by Gasteiger charge is 2.34. The van der Waals surface area contributed by atoms with Crippen LogP contribution in [0.25, 0.3) is 0 Å². The predicted octanol–water partition coefficient (Wildman–Crippen LogP) is 2.94. The van der Waals surface area contributed by atoms with Crippen LogP contribution in [-0.4, -0.2) is 49.0 Å². The summed E-state index contributed by atoms with van der Waals surface area (Å²) < 4.78 is 24.5. The first-order chi connectivity index (χ1) is 13.4. The van der Waals surface area contributed by atoms with Gasteiger partial charge in [0.15, 0.2) is 6.29 Å². The van der Waals surface area contributed by atoms with Crippen LogP contribution < -0.4 is 0 Å². The summed E-state index contributed by atoms with van der Waals surface area (Å²) in [6, 6.07) is 11.4. The largest absolute Gasteiger partial charge is 0.392 e. The van der Waals surface area contributed by atoms with Gasteiger partial charge in [0, 0.05) is 5.56 Å². The van der Waals surface area contributed by atoms with Crippen molar-refractivity contribution in [3.8, 4) is 0 Å². The summed E-state index contributed by atoms with van der Waals surface area (Å²) in [4.78, 5) is 2.05. The molecule has 2 aromatic rings. The molecule has 152 valence electrons. The summed E-state index contributed by atoms with van der Waals surface area (Å²) >= 11 is 0. The van der Waals surface area contributed by atoms with Gasteiger partial charge in [-0.05, 0) is 68.4 Å². The number of rotatable bonds is 8. The molecule has 0 amide bonds. The van der Waals surface area contributed by atoms with Crippen LogP contribution in [0.1, 0.15) is 41.4 Å². The summed E-state index contributed by atoms with van der Waals surface area (Å²) in [5.74, 6) is -0.354. The first kappa shape index (κ1) is 20.9. The second-order valence-electron chi connectivity index (χ2n) is 7.42. The van der Waals surface area contributed by atoms with Crippen molar-refractivity contribution >= 4 is 0 Å². The van der Waals surface area contributed by atoms with Gasteiger partial charge in [0.1, 0.15) is 11.4 Å². The van der Waals surface area contributed by atoms with Crippen LogP contribution in [0, 0.1) is 5.82 Å². The van der Waals surface area contributed by atoms with Gasteiger partial charge in [-0.1, -0.05) is 24.3 Å². The molecule has 1 aliphatic rings. The zero-order valence-corrected chi connectivity index (χ0v) is 16.4. The van der Waals surface area contributed by atoms with Crippen molar-refractivity contribution in [1.82, 2.24) is 4.90 Å². The van der Waals surface area contributed by atoms with Crippen molar-refractivity contribution in [2.75, 3.05) is 33.9 Å². The van der Waals surface area contributed by atoms with Crippen LogP contribution in [0.4, 0.5) is 4.39 Å². The zero-order valence-electron chi connectivity index (χ0n) is 16.4. The van der Waals surface area contributed by atoms with E-state index in [1.54, 1.807) is 12.1 Å². The van der Waals surface area contributed by atoms with E-state index in [4.69, 9.17) is 9.47 Å². The molecule has 0 aliphatic carbocycles. The summed E-state index contributed by atoms with van der Waals surface area (Å²) in [6.45, 7) is 1.64. The Morgan fingerprint density at radius 3 is 2.39 bits per heavy atom. The van der Waals surface area contributed by atoms with E-state index in [1.165, 1.54) is 12.1 Å². The third-order valence-corrected chi connectivity index (χ3v) is 5.10. The van der Waals surface area contributed by atoms with Crippen LogP contribution in [0.5, 0.6) is 0 Å². The predicted molar refractivity (Wildman–Crippen MR) is 104 cm³/mol. The van der Waals surface area contributed by atoms with Crippen molar-refractivity contribution in [3.05, 3.63) is 70.5 Å². The molecule has 2 N–H and O–H groups in total. The standard InChI is InChI=1S/C22H28FNO4/c1-24(2)11-3-10-22(26,18-5-7-19(23)8-6-18)20-9-4-16(14-17(20)15-25)21-27-12-13-28-21/h4-9,14,21,25-26H,3,10-13,15H2,1-2H3. The van der Waals surface area contributed by atoms with Gasteiger partial charge in [-0.3, -0.25) is 0 Å². The number of benzene rings is 2. The number of halogens is 1. The molecule has 0 bridgehead atoms. The van der Waals surface area contributed by atoms with E-state index in [2.05, 4.69) is 4.90 Å². The summed E-state index contributed by atoms with van der Waals surface area (Å²) in [5, 5.41) is 21.7. The van der Waals surface area contributed by atoms with Gasteiger partial charge in [0.2, 0.25) is 0 Å². The average Bonchev–Trinajstić information content (AvgIpc) is 3.22. The Labute approximate surface area is 165 Å². The number of aliphatic hydroxyl groups is 2. The lowest BCUT2D eigenvalue weighted by Gasteiger charge is -2.32. The number of hydrogen-bond acceptors (Lipinski definition) is 5. The van der Waals surface area contributed by atoms with Crippen LogP contribution in [0.3, 0.4) is 0 Å². The highest BCUT2D eigenvalue weighted by atomic mass is 19.1. The maximum Gasteiger partial charge on any atom is 0.184 e. The first-order valence-electron chi connectivity index (χ1n) is 9.54. The third-order valence-electron chi connectivity index (χ3n) is 5.10.